The van der Waals surface area contributed by atoms with Gasteiger partial charge in [0.05, 0.1) is 5.56 Å². The lowest BCUT2D eigenvalue weighted by Gasteiger charge is -2.33. The number of hydrogen-bond donors (Lipinski definition) is 3. The number of piperidine rings is 1. The number of nitrogens with one attached hydrogen (secondary N) is 2. The third-order valence-electron chi connectivity index (χ3n) is 5.91. The van der Waals surface area contributed by atoms with Gasteiger partial charge in [0.15, 0.2) is 0 Å². The number of aromatic amines is 1. The number of H-pyrrole nitrogens is 1. The van der Waals surface area contributed by atoms with E-state index in [0.717, 1.165) is 48.0 Å². The van der Waals surface area contributed by atoms with Crippen LogP contribution in [-0.4, -0.2) is 47.0 Å². The van der Waals surface area contributed by atoms with E-state index in [0.29, 0.717) is 22.3 Å². The maximum absolute atomic E-state index is 15.1. The highest BCUT2D eigenvalue weighted by Crippen LogP contribution is 2.35. The SMILES string of the molecule is CNC(=O)c1cnc2[nH]cc(-c3cc(F)c4nccc(N5CCC[C@H](N)C5)c4c3)c2c1. The van der Waals surface area contributed by atoms with E-state index in [4.69, 9.17) is 5.73 Å². The first kappa shape index (κ1) is 19.4. The quantitative estimate of drug-likeness (QED) is 0.474. The Kier molecular flexibility index (Phi) is 4.78. The lowest BCUT2D eigenvalue weighted by Crippen LogP contribution is -2.42. The molecule has 4 heterocycles. The van der Waals surface area contributed by atoms with Crippen molar-refractivity contribution in [1.29, 1.82) is 0 Å². The van der Waals surface area contributed by atoms with Crippen LogP contribution in [0, 0.1) is 5.82 Å². The Morgan fingerprint density at radius 2 is 2.16 bits per heavy atom. The third kappa shape index (κ3) is 3.38. The Hall–Kier alpha value is -3.52. The number of aromatic nitrogens is 3. The molecule has 1 amide bonds. The van der Waals surface area contributed by atoms with Crippen LogP contribution in [0.4, 0.5) is 10.1 Å². The number of anilines is 1. The van der Waals surface area contributed by atoms with Gasteiger partial charge in [-0.3, -0.25) is 9.78 Å². The van der Waals surface area contributed by atoms with E-state index in [1.807, 2.05) is 12.1 Å². The summed E-state index contributed by atoms with van der Waals surface area (Å²) in [6, 6.07) is 7.23. The van der Waals surface area contributed by atoms with E-state index in [2.05, 4.69) is 25.2 Å². The molecule has 0 unspecified atom stereocenters. The molecule has 3 aromatic heterocycles. The first-order valence-electron chi connectivity index (χ1n) is 10.3. The fourth-order valence-electron chi connectivity index (χ4n) is 4.37. The van der Waals surface area contributed by atoms with E-state index in [1.165, 1.54) is 12.3 Å². The molecule has 158 valence electrons. The maximum atomic E-state index is 15.1. The molecule has 1 atom stereocenters. The van der Waals surface area contributed by atoms with Crippen LogP contribution in [0.25, 0.3) is 33.1 Å². The number of carbonyl (C=O) groups is 1. The van der Waals surface area contributed by atoms with Crippen LogP contribution in [0.3, 0.4) is 0 Å². The lowest BCUT2D eigenvalue weighted by atomic mass is 10.00. The van der Waals surface area contributed by atoms with Gasteiger partial charge in [0, 0.05) is 66.8 Å². The van der Waals surface area contributed by atoms with Crippen molar-refractivity contribution in [3.63, 3.8) is 0 Å². The Morgan fingerprint density at radius 1 is 1.29 bits per heavy atom. The van der Waals surface area contributed by atoms with Gasteiger partial charge in [0.25, 0.3) is 5.91 Å². The van der Waals surface area contributed by atoms with Crippen molar-refractivity contribution in [3.8, 4) is 11.1 Å². The van der Waals surface area contributed by atoms with Crippen LogP contribution in [0.1, 0.15) is 23.2 Å². The van der Waals surface area contributed by atoms with Crippen molar-refractivity contribution in [2.24, 2.45) is 5.73 Å². The number of hydrogen-bond acceptors (Lipinski definition) is 5. The topological polar surface area (TPSA) is 99.9 Å². The number of benzene rings is 1. The minimum absolute atomic E-state index is 0.104. The van der Waals surface area contributed by atoms with Crippen LogP contribution in [0.2, 0.25) is 0 Å². The fourth-order valence-corrected chi connectivity index (χ4v) is 4.37. The monoisotopic (exact) mass is 418 g/mol. The second-order valence-electron chi connectivity index (χ2n) is 7.93. The molecule has 0 bridgehead atoms. The number of nitrogens with zero attached hydrogens (tertiary/aromatic N) is 3. The Bertz CT molecular complexity index is 1300. The summed E-state index contributed by atoms with van der Waals surface area (Å²) in [5.41, 5.74) is 10.0. The molecule has 4 aromatic rings. The molecule has 1 aromatic carbocycles. The number of amides is 1. The second-order valence-corrected chi connectivity index (χ2v) is 7.93. The van der Waals surface area contributed by atoms with Gasteiger partial charge in [0.2, 0.25) is 0 Å². The minimum Gasteiger partial charge on any atom is -0.369 e. The highest BCUT2D eigenvalue weighted by Gasteiger charge is 2.21. The fraction of sp³-hybridized carbons (Fsp3) is 0.261. The molecule has 5 rings (SSSR count). The first-order chi connectivity index (χ1) is 15.0. The summed E-state index contributed by atoms with van der Waals surface area (Å²) in [5, 5.41) is 4.11. The van der Waals surface area contributed by atoms with E-state index >= 15 is 4.39 Å². The second kappa shape index (κ2) is 7.63. The molecule has 1 aliphatic heterocycles. The zero-order valence-corrected chi connectivity index (χ0v) is 17.2. The predicted octanol–water partition coefficient (Wildman–Crippen LogP) is 3.20. The summed E-state index contributed by atoms with van der Waals surface area (Å²) >= 11 is 0. The maximum Gasteiger partial charge on any atom is 0.252 e. The van der Waals surface area contributed by atoms with E-state index in [-0.39, 0.29) is 17.8 Å². The van der Waals surface area contributed by atoms with Crippen molar-refractivity contribution < 1.29 is 9.18 Å². The molecule has 0 spiro atoms. The third-order valence-corrected chi connectivity index (χ3v) is 5.91. The normalized spacial score (nSPS) is 16.7. The molecule has 0 aliphatic carbocycles. The van der Waals surface area contributed by atoms with Gasteiger partial charge in [-0.05, 0) is 42.7 Å². The van der Waals surface area contributed by atoms with Crippen molar-refractivity contribution in [1.82, 2.24) is 20.3 Å². The zero-order chi connectivity index (χ0) is 21.5. The molecular weight excluding hydrogens is 395 g/mol. The Balaban J connectivity index is 1.67. The smallest absolute Gasteiger partial charge is 0.252 e. The van der Waals surface area contributed by atoms with Crippen molar-refractivity contribution in [3.05, 3.63) is 54.2 Å². The molecular formula is C23H23FN6O. The molecule has 1 aliphatic rings. The number of nitrogens with two attached hydrogens (primary N) is 1. The Labute approximate surface area is 178 Å². The minimum atomic E-state index is -0.388. The van der Waals surface area contributed by atoms with E-state index in [9.17, 15) is 4.79 Å². The summed E-state index contributed by atoms with van der Waals surface area (Å²) in [6.45, 7) is 1.61. The first-order valence-corrected chi connectivity index (χ1v) is 10.3. The van der Waals surface area contributed by atoms with Crippen LogP contribution in [-0.2, 0) is 0 Å². The van der Waals surface area contributed by atoms with Crippen LogP contribution in [0.15, 0.2) is 42.9 Å². The van der Waals surface area contributed by atoms with E-state index in [1.54, 1.807) is 25.5 Å². The summed E-state index contributed by atoms with van der Waals surface area (Å²) in [6.07, 6.45) is 6.95. The van der Waals surface area contributed by atoms with Gasteiger partial charge in [-0.25, -0.2) is 9.37 Å². The van der Waals surface area contributed by atoms with Crippen LogP contribution in [0.5, 0.6) is 0 Å². The van der Waals surface area contributed by atoms with Gasteiger partial charge in [-0.2, -0.15) is 0 Å². The van der Waals surface area contributed by atoms with Crippen molar-refractivity contribution in [2.45, 2.75) is 18.9 Å². The highest BCUT2D eigenvalue weighted by atomic mass is 19.1. The molecule has 8 heteroatoms. The molecule has 0 saturated carbocycles. The zero-order valence-electron chi connectivity index (χ0n) is 17.2. The molecule has 0 radical (unpaired) electrons. The summed E-state index contributed by atoms with van der Waals surface area (Å²) < 4.78 is 15.1. The predicted molar refractivity (Wildman–Crippen MR) is 120 cm³/mol. The summed E-state index contributed by atoms with van der Waals surface area (Å²) in [7, 11) is 1.57. The molecule has 31 heavy (non-hydrogen) atoms. The van der Waals surface area contributed by atoms with Gasteiger partial charge in [-0.15, -0.1) is 0 Å². The van der Waals surface area contributed by atoms with Crippen LogP contribution >= 0.6 is 0 Å². The van der Waals surface area contributed by atoms with E-state index < -0.39 is 0 Å². The number of rotatable bonds is 3. The standard InChI is InChI=1S/C23H23FN6O/c1-26-23(31)14-8-16-18(11-29-22(16)28-10-14)13-7-17-20(30-6-2-3-15(25)12-30)4-5-27-21(17)19(24)9-13/h4-5,7-11,15H,2-3,6,12,25H2,1H3,(H,26,31)(H,28,29)/t15-/m0/s1. The molecule has 1 fully saturated rings. The average Bonchev–Trinajstić information content (AvgIpc) is 3.21. The molecule has 1 saturated heterocycles. The van der Waals surface area contributed by atoms with Gasteiger partial charge in [0.1, 0.15) is 17.0 Å². The lowest BCUT2D eigenvalue weighted by molar-refractivity contribution is 0.0963. The number of halogens is 1. The van der Waals surface area contributed by atoms with Crippen LogP contribution < -0.4 is 16.0 Å². The van der Waals surface area contributed by atoms with Crippen molar-refractivity contribution >= 4 is 33.5 Å². The number of fused-ring (bicyclic) bond motifs is 2. The average molecular weight is 418 g/mol. The van der Waals surface area contributed by atoms with Gasteiger partial charge < -0.3 is 20.9 Å². The highest BCUT2D eigenvalue weighted by molar-refractivity contribution is 6.03. The number of pyridine rings is 2. The molecule has 4 N–H and O–H groups in total. The van der Waals surface area contributed by atoms with Gasteiger partial charge in [-0.1, -0.05) is 0 Å². The van der Waals surface area contributed by atoms with Gasteiger partial charge >= 0.3 is 0 Å². The summed E-state index contributed by atoms with van der Waals surface area (Å²) in [4.78, 5) is 26.0. The summed E-state index contributed by atoms with van der Waals surface area (Å²) in [5.74, 6) is -0.611. The number of carbonyl (C=O) groups excluding carboxylic acids is 1. The molecule has 7 nitrogen and oxygen atoms in total. The van der Waals surface area contributed by atoms with Crippen molar-refractivity contribution in [2.75, 3.05) is 25.0 Å². The largest absolute Gasteiger partial charge is 0.369 e. The Morgan fingerprint density at radius 3 is 2.97 bits per heavy atom.